The molecule has 1 aromatic carbocycles. The van der Waals surface area contributed by atoms with Crippen molar-refractivity contribution in [3.8, 4) is 0 Å². The highest BCUT2D eigenvalue weighted by molar-refractivity contribution is 5.24. The summed E-state index contributed by atoms with van der Waals surface area (Å²) < 4.78 is 40.3. The molecule has 0 bridgehead atoms. The summed E-state index contributed by atoms with van der Waals surface area (Å²) in [5.41, 5.74) is 5.89. The lowest BCUT2D eigenvalue weighted by Gasteiger charge is -2.40. The van der Waals surface area contributed by atoms with Gasteiger partial charge in [-0.2, -0.15) is 0 Å². The zero-order valence-electron chi connectivity index (χ0n) is 11.9. The van der Waals surface area contributed by atoms with Gasteiger partial charge in [0.15, 0.2) is 11.6 Å². The van der Waals surface area contributed by atoms with Crippen LogP contribution in [0.3, 0.4) is 0 Å². The monoisotopic (exact) mass is 286 g/mol. The molecule has 1 heterocycles. The minimum absolute atomic E-state index is 0.146. The number of hydrogen-bond acceptors (Lipinski definition) is 2. The molecule has 3 unspecified atom stereocenters. The molecule has 1 aliphatic rings. The van der Waals surface area contributed by atoms with Gasteiger partial charge in [0.25, 0.3) is 0 Å². The average Bonchev–Trinajstić information content (AvgIpc) is 2.40. The van der Waals surface area contributed by atoms with E-state index in [0.29, 0.717) is 17.9 Å². The highest BCUT2D eigenvalue weighted by Crippen LogP contribution is 2.31. The predicted molar refractivity (Wildman–Crippen MR) is 72.6 cm³/mol. The van der Waals surface area contributed by atoms with Gasteiger partial charge >= 0.3 is 0 Å². The molecular weight excluding hydrogens is 265 g/mol. The first-order valence-electron chi connectivity index (χ1n) is 7.02. The van der Waals surface area contributed by atoms with Gasteiger partial charge in [0.05, 0.1) is 6.04 Å². The molecule has 0 spiro atoms. The van der Waals surface area contributed by atoms with Crippen LogP contribution >= 0.6 is 0 Å². The molecule has 1 aromatic rings. The van der Waals surface area contributed by atoms with Crippen molar-refractivity contribution in [3.05, 3.63) is 35.1 Å². The lowest BCUT2D eigenvalue weighted by Crippen LogP contribution is -2.43. The Morgan fingerprint density at radius 1 is 1.15 bits per heavy atom. The first-order valence-corrected chi connectivity index (χ1v) is 7.02. The van der Waals surface area contributed by atoms with Crippen LogP contribution in [0.1, 0.15) is 31.9 Å². The fourth-order valence-electron chi connectivity index (χ4n) is 2.84. The maximum absolute atomic E-state index is 13.9. The van der Waals surface area contributed by atoms with Gasteiger partial charge in [-0.05, 0) is 30.9 Å². The summed E-state index contributed by atoms with van der Waals surface area (Å²) in [4.78, 5) is 2.07. The second kappa shape index (κ2) is 6.14. The van der Waals surface area contributed by atoms with Crippen LogP contribution in [-0.2, 0) is 0 Å². The van der Waals surface area contributed by atoms with E-state index in [4.69, 9.17) is 5.73 Å². The van der Waals surface area contributed by atoms with Crippen LogP contribution < -0.4 is 5.73 Å². The number of benzene rings is 1. The number of halogens is 3. The van der Waals surface area contributed by atoms with Crippen molar-refractivity contribution in [2.24, 2.45) is 17.6 Å². The summed E-state index contributed by atoms with van der Waals surface area (Å²) in [6, 6.07) is 1.13. The summed E-state index contributed by atoms with van der Waals surface area (Å²) in [6.07, 6.45) is 1.00. The van der Waals surface area contributed by atoms with Crippen molar-refractivity contribution in [1.82, 2.24) is 4.90 Å². The molecule has 5 heteroatoms. The Balaban J connectivity index is 2.26. The highest BCUT2D eigenvalue weighted by Gasteiger charge is 2.30. The Labute approximate surface area is 117 Å². The van der Waals surface area contributed by atoms with Gasteiger partial charge in [0, 0.05) is 24.7 Å². The SMILES string of the molecule is CC1CCN(C(CN)c2cc(F)c(F)cc2F)CC1C. The van der Waals surface area contributed by atoms with Crippen LogP contribution in [0.15, 0.2) is 12.1 Å². The molecule has 2 N–H and O–H groups in total. The molecule has 0 aliphatic carbocycles. The van der Waals surface area contributed by atoms with E-state index >= 15 is 0 Å². The zero-order chi connectivity index (χ0) is 14.9. The molecule has 2 nitrogen and oxygen atoms in total. The Kier molecular flexibility index (Phi) is 4.70. The smallest absolute Gasteiger partial charge is 0.161 e. The van der Waals surface area contributed by atoms with Gasteiger partial charge in [-0.15, -0.1) is 0 Å². The minimum Gasteiger partial charge on any atom is -0.329 e. The maximum Gasteiger partial charge on any atom is 0.161 e. The summed E-state index contributed by atoms with van der Waals surface area (Å²) >= 11 is 0. The number of rotatable bonds is 3. The average molecular weight is 286 g/mol. The summed E-state index contributed by atoms with van der Waals surface area (Å²) in [6.45, 7) is 6.11. The molecule has 112 valence electrons. The predicted octanol–water partition coefficient (Wildman–Crippen LogP) is 3.08. The molecule has 3 atom stereocenters. The molecule has 1 saturated heterocycles. The summed E-state index contributed by atoms with van der Waals surface area (Å²) in [5.74, 6) is -1.84. The van der Waals surface area contributed by atoms with Crippen molar-refractivity contribution in [1.29, 1.82) is 0 Å². The molecule has 1 aliphatic heterocycles. The maximum atomic E-state index is 13.9. The molecule has 20 heavy (non-hydrogen) atoms. The molecule has 2 rings (SSSR count). The largest absolute Gasteiger partial charge is 0.329 e. The van der Waals surface area contributed by atoms with E-state index in [1.807, 2.05) is 0 Å². The second-order valence-electron chi connectivity index (χ2n) is 5.78. The quantitative estimate of drug-likeness (QED) is 0.865. The highest BCUT2D eigenvalue weighted by atomic mass is 19.2. The van der Waals surface area contributed by atoms with Gasteiger partial charge in [0.2, 0.25) is 0 Å². The third-order valence-corrected chi connectivity index (χ3v) is 4.43. The van der Waals surface area contributed by atoms with E-state index in [2.05, 4.69) is 18.7 Å². The number of piperidine rings is 1. The van der Waals surface area contributed by atoms with Crippen LogP contribution in [0.25, 0.3) is 0 Å². The topological polar surface area (TPSA) is 29.3 Å². The van der Waals surface area contributed by atoms with Crippen molar-refractivity contribution in [3.63, 3.8) is 0 Å². The van der Waals surface area contributed by atoms with Crippen LogP contribution in [0.5, 0.6) is 0 Å². The fraction of sp³-hybridized carbons (Fsp3) is 0.600. The Morgan fingerprint density at radius 2 is 1.80 bits per heavy atom. The minimum atomic E-state index is -1.16. The van der Waals surface area contributed by atoms with Crippen molar-refractivity contribution < 1.29 is 13.2 Å². The third-order valence-electron chi connectivity index (χ3n) is 4.43. The number of nitrogens with two attached hydrogens (primary N) is 1. The summed E-state index contributed by atoms with van der Waals surface area (Å²) in [7, 11) is 0. The van der Waals surface area contributed by atoms with Gasteiger partial charge < -0.3 is 5.73 Å². The molecule has 0 radical (unpaired) electrons. The number of nitrogens with zero attached hydrogens (tertiary/aromatic N) is 1. The molecule has 0 saturated carbocycles. The lowest BCUT2D eigenvalue weighted by atomic mass is 9.87. The lowest BCUT2D eigenvalue weighted by molar-refractivity contribution is 0.0964. The fourth-order valence-corrected chi connectivity index (χ4v) is 2.84. The second-order valence-corrected chi connectivity index (χ2v) is 5.78. The van der Waals surface area contributed by atoms with Gasteiger partial charge in [0.1, 0.15) is 5.82 Å². The van der Waals surface area contributed by atoms with Gasteiger partial charge in [-0.1, -0.05) is 13.8 Å². The van der Waals surface area contributed by atoms with Crippen LogP contribution in [0.4, 0.5) is 13.2 Å². The first kappa shape index (κ1) is 15.3. The Morgan fingerprint density at radius 3 is 2.40 bits per heavy atom. The van der Waals surface area contributed by atoms with Crippen LogP contribution in [0.2, 0.25) is 0 Å². The van der Waals surface area contributed by atoms with Crippen molar-refractivity contribution in [2.45, 2.75) is 26.3 Å². The number of likely N-dealkylation sites (tertiary alicyclic amines) is 1. The van der Waals surface area contributed by atoms with Gasteiger partial charge in [-0.25, -0.2) is 13.2 Å². The molecular formula is C15H21F3N2. The van der Waals surface area contributed by atoms with Gasteiger partial charge in [-0.3, -0.25) is 4.90 Å². The Bertz CT molecular complexity index is 478. The molecule has 1 fully saturated rings. The zero-order valence-corrected chi connectivity index (χ0v) is 11.9. The molecule has 0 amide bonds. The van der Waals surface area contributed by atoms with E-state index in [-0.39, 0.29) is 12.1 Å². The Hall–Kier alpha value is -1.07. The van der Waals surface area contributed by atoms with Crippen molar-refractivity contribution >= 4 is 0 Å². The van der Waals surface area contributed by atoms with E-state index < -0.39 is 23.5 Å². The number of hydrogen-bond donors (Lipinski definition) is 1. The standard InChI is InChI=1S/C15H21F3N2/c1-9-3-4-20(8-10(9)2)15(7-19)11-5-13(17)14(18)6-12(11)16/h5-6,9-10,15H,3-4,7-8,19H2,1-2H3. The van der Waals surface area contributed by atoms with Crippen LogP contribution in [-0.4, -0.2) is 24.5 Å². The first-order chi connectivity index (χ1) is 9.43. The van der Waals surface area contributed by atoms with Crippen molar-refractivity contribution in [2.75, 3.05) is 19.6 Å². The van der Waals surface area contributed by atoms with Crippen LogP contribution in [0, 0.1) is 29.3 Å². The van der Waals surface area contributed by atoms with E-state index in [1.165, 1.54) is 0 Å². The van der Waals surface area contributed by atoms with E-state index in [1.54, 1.807) is 0 Å². The summed E-state index contributed by atoms with van der Waals surface area (Å²) in [5, 5.41) is 0. The molecule has 0 aromatic heterocycles. The van der Waals surface area contributed by atoms with E-state index in [0.717, 1.165) is 25.6 Å². The normalized spacial score (nSPS) is 25.7. The van der Waals surface area contributed by atoms with E-state index in [9.17, 15) is 13.2 Å². The third kappa shape index (κ3) is 2.99.